The van der Waals surface area contributed by atoms with Crippen molar-refractivity contribution < 1.29 is 45.0 Å². The number of anilines is 2. The highest BCUT2D eigenvalue weighted by atomic mass is 127. The first-order chi connectivity index (χ1) is 16.6. The van der Waals surface area contributed by atoms with Gasteiger partial charge in [0.25, 0.3) is 5.91 Å². The zero-order valence-corrected chi connectivity index (χ0v) is 26.5. The highest BCUT2D eigenvalue weighted by Crippen LogP contribution is 2.42. The van der Waals surface area contributed by atoms with Crippen LogP contribution in [0.1, 0.15) is 24.2 Å². The summed E-state index contributed by atoms with van der Waals surface area (Å²) in [6.07, 6.45) is -7.07. The number of hydrogen-bond donors (Lipinski definition) is 6. The highest BCUT2D eigenvalue weighted by molar-refractivity contribution is 14.1. The van der Waals surface area contributed by atoms with Crippen LogP contribution in [-0.2, 0) is 9.59 Å². The van der Waals surface area contributed by atoms with Crippen molar-refractivity contribution in [2.24, 2.45) is 0 Å². The second-order valence-corrected chi connectivity index (χ2v) is 11.2. The fourth-order valence-corrected chi connectivity index (χ4v) is 8.20. The van der Waals surface area contributed by atoms with Gasteiger partial charge in [0.05, 0.1) is 40.9 Å². The minimum Gasteiger partial charge on any atom is -0.395 e. The van der Waals surface area contributed by atoms with Gasteiger partial charge in [-0.3, -0.25) is 14.4 Å². The summed E-state index contributed by atoms with van der Waals surface area (Å²) in [4.78, 5) is 42.0. The Kier molecular flexibility index (Phi) is 13.7. The predicted octanol–water partition coefficient (Wildman–Crippen LogP) is -0.664. The maximum atomic E-state index is 13.6. The van der Waals surface area contributed by atoms with Crippen LogP contribution in [0.4, 0.5) is 11.4 Å². The Morgan fingerprint density at radius 1 is 0.806 bits per heavy atom. The molecule has 0 aliphatic carbocycles. The average Bonchev–Trinajstić information content (AvgIpc) is 2.81. The molecule has 36 heavy (non-hydrogen) atoms. The van der Waals surface area contributed by atoms with E-state index in [1.807, 2.05) is 67.8 Å². The summed E-state index contributed by atoms with van der Waals surface area (Å²) >= 11 is 5.81. The number of likely N-dealkylation sites (N-methyl/N-ethyl adjacent to an activating group) is 1. The van der Waals surface area contributed by atoms with Crippen LogP contribution >= 0.6 is 67.8 Å². The van der Waals surface area contributed by atoms with E-state index in [1.165, 1.54) is 37.7 Å². The van der Waals surface area contributed by atoms with E-state index in [0.717, 1.165) is 4.90 Å². The molecule has 0 heterocycles. The van der Waals surface area contributed by atoms with Crippen molar-refractivity contribution >= 4 is 96.9 Å². The molecule has 6 N–H and O–H groups in total. The van der Waals surface area contributed by atoms with Crippen molar-refractivity contribution in [3.05, 3.63) is 16.3 Å². The summed E-state index contributed by atoms with van der Waals surface area (Å²) in [6, 6.07) is 0. The van der Waals surface area contributed by atoms with Gasteiger partial charge < -0.3 is 45.3 Å². The molecular weight excluding hydrogens is 819 g/mol. The van der Waals surface area contributed by atoms with Gasteiger partial charge in [0.1, 0.15) is 24.4 Å². The number of benzene rings is 1. The molecule has 3 amide bonds. The van der Waals surface area contributed by atoms with E-state index in [1.54, 1.807) is 0 Å². The first kappa shape index (κ1) is 33.6. The maximum absolute atomic E-state index is 13.6. The molecule has 1 aromatic carbocycles. The van der Waals surface area contributed by atoms with Crippen LogP contribution in [0.25, 0.3) is 0 Å². The number of rotatable bonds is 11. The fourth-order valence-electron chi connectivity index (χ4n) is 3.27. The van der Waals surface area contributed by atoms with E-state index >= 15 is 0 Å². The molecule has 1 aromatic rings. The SMILES string of the molecule is CC(=O)N(C)c1c(I)c(C(=O)N(C)C[C@H](O)[C@@H](O)[C@H](O)[C@H](O)CO)c(I)c(N(CCO)C(C)=O)c1I. The largest absolute Gasteiger partial charge is 0.395 e. The number of aliphatic hydroxyl groups is 6. The summed E-state index contributed by atoms with van der Waals surface area (Å²) < 4.78 is 1.28. The zero-order chi connectivity index (χ0) is 28.1. The van der Waals surface area contributed by atoms with Gasteiger partial charge in [-0.25, -0.2) is 0 Å². The lowest BCUT2D eigenvalue weighted by Crippen LogP contribution is -2.50. The summed E-state index contributed by atoms with van der Waals surface area (Å²) in [5.74, 6) is -1.33. The Hall–Kier alpha value is -0.420. The number of hydrogen-bond acceptors (Lipinski definition) is 9. The van der Waals surface area contributed by atoms with Crippen molar-refractivity contribution in [1.82, 2.24) is 4.90 Å². The van der Waals surface area contributed by atoms with Crippen LogP contribution < -0.4 is 9.80 Å². The Balaban J connectivity index is 3.64. The number of carbonyl (C=O) groups excluding carboxylic acids is 3. The van der Waals surface area contributed by atoms with Crippen molar-refractivity contribution in [1.29, 1.82) is 0 Å². The van der Waals surface area contributed by atoms with Gasteiger partial charge in [0.15, 0.2) is 0 Å². The Morgan fingerprint density at radius 2 is 1.31 bits per heavy atom. The lowest BCUT2D eigenvalue weighted by Gasteiger charge is -2.31. The zero-order valence-electron chi connectivity index (χ0n) is 20.0. The first-order valence-electron chi connectivity index (χ1n) is 10.6. The summed E-state index contributed by atoms with van der Waals surface area (Å²) in [5.41, 5.74) is 0.834. The average molecular weight is 849 g/mol. The third-order valence-electron chi connectivity index (χ3n) is 5.40. The van der Waals surface area contributed by atoms with Crippen LogP contribution in [0.3, 0.4) is 0 Å². The van der Waals surface area contributed by atoms with E-state index in [4.69, 9.17) is 5.11 Å². The van der Waals surface area contributed by atoms with E-state index in [2.05, 4.69) is 0 Å². The standard InChI is InChI=1S/C21H30I3N3O9/c1-9(30)26(4)17-14(22)13(15(23)18(16(17)24)27(5-6-28)10(2)31)21(36)25(3)7-11(32)19(34)20(35)12(33)8-29/h11-12,19-20,28-29,32-35H,5-8H2,1-4H3/t11-,12+,19+,20+/m0/s1. The van der Waals surface area contributed by atoms with Gasteiger partial charge in [-0.05, 0) is 67.8 Å². The number of nitrogens with zero attached hydrogens (tertiary/aromatic N) is 3. The van der Waals surface area contributed by atoms with Crippen molar-refractivity contribution in [2.45, 2.75) is 38.3 Å². The van der Waals surface area contributed by atoms with Crippen molar-refractivity contribution in [3.8, 4) is 0 Å². The third-order valence-corrected chi connectivity index (χ3v) is 8.52. The van der Waals surface area contributed by atoms with Crippen molar-refractivity contribution in [2.75, 3.05) is 50.2 Å². The molecule has 0 radical (unpaired) electrons. The molecule has 1 rings (SSSR count). The Morgan fingerprint density at radius 3 is 1.75 bits per heavy atom. The molecule has 0 bridgehead atoms. The van der Waals surface area contributed by atoms with E-state index in [9.17, 15) is 39.9 Å². The van der Waals surface area contributed by atoms with E-state index in [0.29, 0.717) is 22.1 Å². The number of carbonyl (C=O) groups is 3. The Bertz CT molecular complexity index is 982. The van der Waals surface area contributed by atoms with E-state index in [-0.39, 0.29) is 30.5 Å². The molecule has 204 valence electrons. The van der Waals surface area contributed by atoms with Gasteiger partial charge in [0.2, 0.25) is 11.8 Å². The van der Waals surface area contributed by atoms with Crippen LogP contribution in [0, 0.1) is 10.7 Å². The molecule has 0 unspecified atom stereocenters. The maximum Gasteiger partial charge on any atom is 0.256 e. The fraction of sp³-hybridized carbons (Fsp3) is 0.571. The quantitative estimate of drug-likeness (QED) is 0.158. The van der Waals surface area contributed by atoms with Gasteiger partial charge in [0, 0.05) is 41.0 Å². The van der Waals surface area contributed by atoms with Crippen LogP contribution in [-0.4, -0.2) is 118 Å². The number of amides is 3. The molecule has 4 atom stereocenters. The normalized spacial score (nSPS) is 14.6. The molecule has 0 aliphatic rings. The first-order valence-corrected chi connectivity index (χ1v) is 13.8. The Labute approximate surface area is 249 Å². The van der Waals surface area contributed by atoms with Crippen LogP contribution in [0.15, 0.2) is 0 Å². The van der Waals surface area contributed by atoms with Gasteiger partial charge in [-0.15, -0.1) is 0 Å². The van der Waals surface area contributed by atoms with Gasteiger partial charge in [-0.1, -0.05) is 0 Å². The minimum atomic E-state index is -1.86. The molecular formula is C21H30I3N3O9. The molecule has 0 aliphatic heterocycles. The summed E-state index contributed by atoms with van der Waals surface area (Å²) in [6.45, 7) is 0.973. The third kappa shape index (κ3) is 7.58. The van der Waals surface area contributed by atoms with Gasteiger partial charge in [-0.2, -0.15) is 0 Å². The predicted molar refractivity (Wildman–Crippen MR) is 157 cm³/mol. The second-order valence-electron chi connectivity index (χ2n) is 7.97. The monoisotopic (exact) mass is 849 g/mol. The molecule has 12 nitrogen and oxygen atoms in total. The summed E-state index contributed by atoms with van der Waals surface area (Å²) in [5, 5.41) is 58.3. The smallest absolute Gasteiger partial charge is 0.256 e. The lowest BCUT2D eigenvalue weighted by atomic mass is 10.0. The van der Waals surface area contributed by atoms with Crippen molar-refractivity contribution in [3.63, 3.8) is 0 Å². The minimum absolute atomic E-state index is 0.0510. The lowest BCUT2D eigenvalue weighted by molar-refractivity contribution is -0.117. The molecule has 0 saturated carbocycles. The van der Waals surface area contributed by atoms with Crippen LogP contribution in [0.5, 0.6) is 0 Å². The van der Waals surface area contributed by atoms with E-state index < -0.39 is 43.5 Å². The highest BCUT2D eigenvalue weighted by Gasteiger charge is 2.34. The van der Waals surface area contributed by atoms with Gasteiger partial charge >= 0.3 is 0 Å². The molecule has 0 spiro atoms. The molecule has 15 heteroatoms. The topological polar surface area (TPSA) is 182 Å². The molecule has 0 aromatic heterocycles. The summed E-state index contributed by atoms with van der Waals surface area (Å²) in [7, 11) is 2.87. The molecule has 0 saturated heterocycles. The molecule has 0 fully saturated rings. The number of halogens is 3. The van der Waals surface area contributed by atoms with Crippen LogP contribution in [0.2, 0.25) is 0 Å². The second kappa shape index (κ2) is 14.7. The number of aliphatic hydroxyl groups excluding tert-OH is 6.